The highest BCUT2D eigenvalue weighted by atomic mass is 19.1. The first-order valence-corrected chi connectivity index (χ1v) is 14.7. The number of halogens is 1. The number of likely N-dealkylation sites (N-methyl/N-ethyl adjacent to an activating group) is 1. The number of aromatic amines is 1. The van der Waals surface area contributed by atoms with Crippen LogP contribution in [0.2, 0.25) is 0 Å². The predicted molar refractivity (Wildman–Crippen MR) is 170 cm³/mol. The molecule has 4 N–H and O–H groups in total. The van der Waals surface area contributed by atoms with E-state index in [1.54, 1.807) is 43.0 Å². The molecule has 0 bridgehead atoms. The van der Waals surface area contributed by atoms with Gasteiger partial charge in [0.15, 0.2) is 0 Å². The Morgan fingerprint density at radius 1 is 1.02 bits per heavy atom. The Bertz CT molecular complexity index is 1920. The van der Waals surface area contributed by atoms with E-state index in [-0.39, 0.29) is 28.6 Å². The first-order valence-electron chi connectivity index (χ1n) is 14.7. The molecule has 1 unspecified atom stereocenters. The Morgan fingerprint density at radius 3 is 2.46 bits per heavy atom. The fraction of sp³-hybridized carbons (Fsp3) is 0.235. The van der Waals surface area contributed by atoms with Crippen molar-refractivity contribution in [3.63, 3.8) is 0 Å². The maximum atomic E-state index is 13.5. The highest BCUT2D eigenvalue weighted by molar-refractivity contribution is 6.32. The zero-order valence-electron chi connectivity index (χ0n) is 25.4. The lowest BCUT2D eigenvalue weighted by Gasteiger charge is -2.35. The molecule has 0 aliphatic carbocycles. The molecule has 11 nitrogen and oxygen atoms in total. The number of nitrogens with zero attached hydrogens (tertiary/aromatic N) is 2. The van der Waals surface area contributed by atoms with E-state index >= 15 is 0 Å². The molecule has 1 saturated heterocycles. The van der Waals surface area contributed by atoms with Gasteiger partial charge >= 0.3 is 0 Å². The van der Waals surface area contributed by atoms with Crippen LogP contribution in [0.3, 0.4) is 0 Å². The standard InChI is InChI=1S/C34H32FN5O6/c1-18-28(46-34(45)19(2)29(18)33(44)40-12-10-39(3)11-13-40)15-24-23-9-8-22(14-27(23)38-31(24)42)37-32(43)26-17-36-16-25(30(26)41)20-4-6-21(35)7-5-20/h4-9,14-17,28,45H,10-13H2,1-3H3,(H,36,41)(H,37,43)(H,38,42)/b24-15-. The van der Waals surface area contributed by atoms with Gasteiger partial charge in [0.25, 0.3) is 23.7 Å². The highest BCUT2D eigenvalue weighted by Crippen LogP contribution is 2.37. The van der Waals surface area contributed by atoms with E-state index in [4.69, 9.17) is 4.74 Å². The molecule has 1 aromatic heterocycles. The molecule has 3 aliphatic rings. The molecule has 236 valence electrons. The smallest absolute Gasteiger partial charge is 0.281 e. The van der Waals surface area contributed by atoms with Gasteiger partial charge in [-0.15, -0.1) is 0 Å². The number of aliphatic hydroxyl groups is 1. The number of amides is 3. The molecule has 46 heavy (non-hydrogen) atoms. The zero-order valence-corrected chi connectivity index (χ0v) is 25.4. The third-order valence-corrected chi connectivity index (χ3v) is 8.48. The van der Waals surface area contributed by atoms with Crippen LogP contribution in [0.5, 0.6) is 0 Å². The molecule has 0 saturated carbocycles. The second kappa shape index (κ2) is 12.1. The number of piperazine rings is 1. The first-order chi connectivity index (χ1) is 22.0. The molecule has 6 rings (SSSR count). The van der Waals surface area contributed by atoms with Gasteiger partial charge in [-0.05, 0) is 62.4 Å². The summed E-state index contributed by atoms with van der Waals surface area (Å²) in [6.45, 7) is 6.00. The number of aromatic nitrogens is 1. The Hall–Kier alpha value is -5.49. The van der Waals surface area contributed by atoms with Crippen molar-refractivity contribution in [2.45, 2.75) is 20.0 Å². The van der Waals surface area contributed by atoms with E-state index in [2.05, 4.69) is 20.5 Å². The van der Waals surface area contributed by atoms with Crippen LogP contribution in [0.25, 0.3) is 16.7 Å². The molecule has 2 aromatic carbocycles. The van der Waals surface area contributed by atoms with Crippen LogP contribution in [0, 0.1) is 5.82 Å². The number of carbonyl (C=O) groups is 3. The minimum absolute atomic E-state index is 0.145. The van der Waals surface area contributed by atoms with Crippen molar-refractivity contribution >= 4 is 34.7 Å². The number of carbonyl (C=O) groups excluding carboxylic acids is 3. The van der Waals surface area contributed by atoms with Gasteiger partial charge in [-0.2, -0.15) is 0 Å². The lowest BCUT2D eigenvalue weighted by atomic mass is 9.93. The van der Waals surface area contributed by atoms with Gasteiger partial charge in [0.2, 0.25) is 5.43 Å². The Kier molecular flexibility index (Phi) is 8.05. The summed E-state index contributed by atoms with van der Waals surface area (Å²) in [5, 5.41) is 16.1. The van der Waals surface area contributed by atoms with Crippen molar-refractivity contribution in [3.05, 3.63) is 111 Å². The van der Waals surface area contributed by atoms with Crippen molar-refractivity contribution in [2.75, 3.05) is 43.9 Å². The molecule has 3 aliphatic heterocycles. The number of anilines is 2. The van der Waals surface area contributed by atoms with E-state index in [0.29, 0.717) is 52.3 Å². The summed E-state index contributed by atoms with van der Waals surface area (Å²) < 4.78 is 19.1. The lowest BCUT2D eigenvalue weighted by Crippen LogP contribution is -2.48. The van der Waals surface area contributed by atoms with Crippen molar-refractivity contribution in [1.29, 1.82) is 0 Å². The number of aliphatic hydroxyl groups excluding tert-OH is 1. The van der Waals surface area contributed by atoms with Crippen LogP contribution in [0.15, 0.2) is 88.4 Å². The number of ether oxygens (including phenoxy) is 1. The van der Waals surface area contributed by atoms with Gasteiger partial charge in [-0.3, -0.25) is 19.2 Å². The van der Waals surface area contributed by atoms with E-state index < -0.39 is 29.2 Å². The van der Waals surface area contributed by atoms with Gasteiger partial charge in [0.1, 0.15) is 17.5 Å². The molecule has 0 radical (unpaired) electrons. The number of pyridine rings is 1. The van der Waals surface area contributed by atoms with Crippen LogP contribution in [-0.4, -0.2) is 76.9 Å². The molecule has 12 heteroatoms. The molecular weight excluding hydrogens is 593 g/mol. The average Bonchev–Trinajstić information content (AvgIpc) is 3.34. The van der Waals surface area contributed by atoms with Gasteiger partial charge in [0.05, 0.1) is 11.3 Å². The summed E-state index contributed by atoms with van der Waals surface area (Å²) in [4.78, 5) is 59.5. The molecule has 3 amide bonds. The van der Waals surface area contributed by atoms with Crippen LogP contribution < -0.4 is 16.1 Å². The maximum absolute atomic E-state index is 13.5. The van der Waals surface area contributed by atoms with Crippen molar-refractivity contribution in [1.82, 2.24) is 14.8 Å². The van der Waals surface area contributed by atoms with E-state index in [1.807, 2.05) is 7.05 Å². The van der Waals surface area contributed by atoms with Gasteiger partial charge in [-0.1, -0.05) is 18.2 Å². The second-order valence-corrected chi connectivity index (χ2v) is 11.5. The largest absolute Gasteiger partial charge is 0.481 e. The van der Waals surface area contributed by atoms with Gasteiger partial charge < -0.3 is 35.3 Å². The minimum Gasteiger partial charge on any atom is -0.481 e. The molecule has 0 spiro atoms. The van der Waals surface area contributed by atoms with Gasteiger partial charge in [0, 0.05) is 66.5 Å². The summed E-state index contributed by atoms with van der Waals surface area (Å²) >= 11 is 0. The minimum atomic E-state index is -0.874. The topological polar surface area (TPSA) is 144 Å². The Morgan fingerprint density at radius 2 is 1.74 bits per heavy atom. The Balaban J connectivity index is 1.24. The monoisotopic (exact) mass is 625 g/mol. The predicted octanol–water partition coefficient (Wildman–Crippen LogP) is 4.05. The number of rotatable bonds is 5. The van der Waals surface area contributed by atoms with Crippen LogP contribution in [0.1, 0.15) is 29.8 Å². The summed E-state index contributed by atoms with van der Waals surface area (Å²) in [6.07, 6.45) is 3.42. The second-order valence-electron chi connectivity index (χ2n) is 11.5. The van der Waals surface area contributed by atoms with Crippen molar-refractivity contribution < 1.29 is 28.6 Å². The molecule has 1 atom stereocenters. The van der Waals surface area contributed by atoms with E-state index in [9.17, 15) is 28.7 Å². The Labute approximate surface area is 263 Å². The maximum Gasteiger partial charge on any atom is 0.281 e. The summed E-state index contributed by atoms with van der Waals surface area (Å²) in [7, 11) is 2.00. The third kappa shape index (κ3) is 5.70. The number of hydrogen-bond donors (Lipinski definition) is 4. The fourth-order valence-corrected chi connectivity index (χ4v) is 5.78. The lowest BCUT2D eigenvalue weighted by molar-refractivity contribution is -0.128. The van der Waals surface area contributed by atoms with Gasteiger partial charge in [-0.25, -0.2) is 4.39 Å². The fourth-order valence-electron chi connectivity index (χ4n) is 5.78. The third-order valence-electron chi connectivity index (χ3n) is 8.48. The van der Waals surface area contributed by atoms with Crippen molar-refractivity contribution in [3.8, 4) is 11.1 Å². The number of fused-ring (bicyclic) bond motifs is 1. The SMILES string of the molecule is CC1=C(O)OC(/C=C2\C(=O)Nc3cc(NC(=O)c4c[nH]cc(-c5ccc(F)cc5)c4=O)ccc32)C(C)=C1C(=O)N1CCN(C)CC1. The first kappa shape index (κ1) is 30.5. The molecule has 4 heterocycles. The van der Waals surface area contributed by atoms with Crippen LogP contribution in [0.4, 0.5) is 15.8 Å². The number of benzene rings is 2. The normalized spacial score (nSPS) is 19.2. The summed E-state index contributed by atoms with van der Waals surface area (Å²) in [5.74, 6) is -2.10. The van der Waals surface area contributed by atoms with E-state index in [0.717, 1.165) is 13.1 Å². The number of H-pyrrole nitrogens is 1. The zero-order chi connectivity index (χ0) is 32.7. The van der Waals surface area contributed by atoms with Crippen LogP contribution in [-0.2, 0) is 14.3 Å². The summed E-state index contributed by atoms with van der Waals surface area (Å²) in [6, 6.07) is 10.2. The van der Waals surface area contributed by atoms with E-state index in [1.165, 1.54) is 36.7 Å². The molecular formula is C34H32FN5O6. The quantitative estimate of drug-likeness (QED) is 0.313. The molecule has 3 aromatic rings. The highest BCUT2D eigenvalue weighted by Gasteiger charge is 2.34. The number of hydrogen-bond acceptors (Lipinski definition) is 7. The summed E-state index contributed by atoms with van der Waals surface area (Å²) in [5.41, 5.74) is 2.84. The van der Waals surface area contributed by atoms with Crippen molar-refractivity contribution in [2.24, 2.45) is 0 Å². The average molecular weight is 626 g/mol. The molecule has 1 fully saturated rings. The number of nitrogens with one attached hydrogen (secondary N) is 3. The van der Waals surface area contributed by atoms with Crippen LogP contribution >= 0.6 is 0 Å².